The van der Waals surface area contributed by atoms with E-state index in [0.717, 1.165) is 22.6 Å². The van der Waals surface area contributed by atoms with Gasteiger partial charge < -0.3 is 29.8 Å². The number of benzene rings is 1. The summed E-state index contributed by atoms with van der Waals surface area (Å²) in [7, 11) is 3.20. The molecule has 0 aliphatic carbocycles. The first-order valence-corrected chi connectivity index (χ1v) is 8.44. The zero-order chi connectivity index (χ0) is 18.5. The Kier molecular flexibility index (Phi) is 5.65. The molecule has 0 saturated heterocycles. The summed E-state index contributed by atoms with van der Waals surface area (Å²) in [6.45, 7) is 0. The Balaban J connectivity index is 1.93. The van der Waals surface area contributed by atoms with Crippen LogP contribution in [-0.2, 0) is 12.8 Å². The van der Waals surface area contributed by atoms with Gasteiger partial charge in [-0.1, -0.05) is 0 Å². The van der Waals surface area contributed by atoms with Crippen molar-refractivity contribution in [2.45, 2.75) is 24.9 Å². The molecule has 2 heterocycles. The summed E-state index contributed by atoms with van der Waals surface area (Å²) in [4.78, 5) is 0. The van der Waals surface area contributed by atoms with Gasteiger partial charge in [0.15, 0.2) is 11.5 Å². The zero-order valence-corrected chi connectivity index (χ0v) is 15.0. The molecule has 3 aromatic rings. The minimum absolute atomic E-state index is 0.254. The summed E-state index contributed by atoms with van der Waals surface area (Å²) in [6.07, 6.45) is 4.40. The molecule has 2 atom stereocenters. The topological polar surface area (TPSA) is 96.8 Å². The van der Waals surface area contributed by atoms with Crippen LogP contribution in [-0.4, -0.2) is 14.2 Å². The van der Waals surface area contributed by atoms with Crippen molar-refractivity contribution in [1.82, 2.24) is 0 Å². The van der Waals surface area contributed by atoms with E-state index in [4.69, 9.17) is 29.8 Å². The lowest BCUT2D eigenvalue weighted by Gasteiger charge is -2.21. The van der Waals surface area contributed by atoms with Gasteiger partial charge >= 0.3 is 0 Å². The Morgan fingerprint density at radius 1 is 0.885 bits per heavy atom. The van der Waals surface area contributed by atoms with Crippen molar-refractivity contribution in [3.63, 3.8) is 0 Å². The van der Waals surface area contributed by atoms with E-state index in [2.05, 4.69) is 0 Å². The molecule has 0 saturated carbocycles. The van der Waals surface area contributed by atoms with Crippen LogP contribution in [0.5, 0.6) is 11.5 Å². The molecular formula is C20H24N2O4. The molecular weight excluding hydrogens is 332 g/mol. The number of ether oxygens (including phenoxy) is 2. The summed E-state index contributed by atoms with van der Waals surface area (Å²) in [5.74, 6) is 2.85. The van der Waals surface area contributed by atoms with Crippen LogP contribution in [0.25, 0.3) is 0 Å². The Morgan fingerprint density at radius 2 is 1.50 bits per heavy atom. The third kappa shape index (κ3) is 3.92. The molecule has 0 fully saturated rings. The van der Waals surface area contributed by atoms with E-state index in [1.807, 2.05) is 36.4 Å². The molecule has 6 nitrogen and oxygen atoms in total. The summed E-state index contributed by atoms with van der Waals surface area (Å²) in [6, 6.07) is 10.8. The maximum atomic E-state index is 6.44. The standard InChI is InChI=1S/C20H24N2O4/c1-23-19-10-13(17(21)11-14-5-3-7-25-14)9-16(20(19)24-2)18(22)12-15-6-4-8-26-15/h3-10,17-18H,11-12,21-22H2,1-2H3. The zero-order valence-electron chi connectivity index (χ0n) is 15.0. The number of nitrogens with two attached hydrogens (primary N) is 2. The summed E-state index contributed by atoms with van der Waals surface area (Å²) < 4.78 is 21.9. The normalized spacial score (nSPS) is 13.4. The summed E-state index contributed by atoms with van der Waals surface area (Å²) in [5.41, 5.74) is 14.6. The van der Waals surface area contributed by atoms with Crippen LogP contribution in [0.3, 0.4) is 0 Å². The Bertz CT molecular complexity index is 813. The maximum Gasteiger partial charge on any atom is 0.165 e. The van der Waals surface area contributed by atoms with E-state index in [1.54, 1.807) is 26.7 Å². The minimum atomic E-state index is -0.319. The number of hydrogen-bond acceptors (Lipinski definition) is 6. The second-order valence-electron chi connectivity index (χ2n) is 6.13. The highest BCUT2D eigenvalue weighted by atomic mass is 16.5. The van der Waals surface area contributed by atoms with Crippen molar-refractivity contribution >= 4 is 0 Å². The van der Waals surface area contributed by atoms with Crippen molar-refractivity contribution in [3.05, 3.63) is 71.6 Å². The van der Waals surface area contributed by atoms with E-state index in [1.165, 1.54) is 0 Å². The van der Waals surface area contributed by atoms with Crippen LogP contribution in [0.1, 0.15) is 34.7 Å². The van der Waals surface area contributed by atoms with Gasteiger partial charge in [0.05, 0.1) is 26.7 Å². The highest BCUT2D eigenvalue weighted by molar-refractivity contribution is 5.52. The fourth-order valence-electron chi connectivity index (χ4n) is 3.02. The number of furan rings is 2. The highest BCUT2D eigenvalue weighted by Crippen LogP contribution is 2.38. The van der Waals surface area contributed by atoms with E-state index >= 15 is 0 Å². The van der Waals surface area contributed by atoms with E-state index in [-0.39, 0.29) is 12.1 Å². The third-order valence-corrected chi connectivity index (χ3v) is 4.36. The minimum Gasteiger partial charge on any atom is -0.493 e. The van der Waals surface area contributed by atoms with Crippen molar-refractivity contribution in [2.75, 3.05) is 14.2 Å². The molecule has 1 aromatic carbocycles. The van der Waals surface area contributed by atoms with Gasteiger partial charge in [-0.05, 0) is 42.0 Å². The first-order valence-electron chi connectivity index (χ1n) is 8.44. The highest BCUT2D eigenvalue weighted by Gasteiger charge is 2.21. The lowest BCUT2D eigenvalue weighted by Crippen LogP contribution is -2.18. The van der Waals surface area contributed by atoms with Crippen LogP contribution in [0.2, 0.25) is 0 Å². The summed E-state index contributed by atoms with van der Waals surface area (Å²) in [5, 5.41) is 0. The molecule has 0 radical (unpaired) electrons. The van der Waals surface area contributed by atoms with Crippen LogP contribution in [0.4, 0.5) is 0 Å². The Morgan fingerprint density at radius 3 is 2.00 bits per heavy atom. The van der Waals surface area contributed by atoms with E-state index < -0.39 is 0 Å². The molecule has 138 valence electrons. The average Bonchev–Trinajstić information content (AvgIpc) is 3.34. The van der Waals surface area contributed by atoms with Gasteiger partial charge in [0.25, 0.3) is 0 Å². The predicted octanol–water partition coefficient (Wildman–Crippen LogP) is 3.37. The fraction of sp³-hybridized carbons (Fsp3) is 0.300. The van der Waals surface area contributed by atoms with Gasteiger partial charge in [0.2, 0.25) is 0 Å². The number of hydrogen-bond donors (Lipinski definition) is 2. The molecule has 2 unspecified atom stereocenters. The summed E-state index contributed by atoms with van der Waals surface area (Å²) >= 11 is 0. The van der Waals surface area contributed by atoms with Gasteiger partial charge in [0, 0.05) is 30.5 Å². The average molecular weight is 356 g/mol. The molecule has 6 heteroatoms. The number of rotatable bonds is 8. The second kappa shape index (κ2) is 8.12. The molecule has 0 amide bonds. The van der Waals surface area contributed by atoms with Gasteiger partial charge in [-0.15, -0.1) is 0 Å². The fourth-order valence-corrected chi connectivity index (χ4v) is 3.02. The molecule has 3 rings (SSSR count). The van der Waals surface area contributed by atoms with Gasteiger partial charge in [-0.3, -0.25) is 0 Å². The van der Waals surface area contributed by atoms with Crippen molar-refractivity contribution in [2.24, 2.45) is 11.5 Å². The van der Waals surface area contributed by atoms with Crippen LogP contribution in [0, 0.1) is 0 Å². The third-order valence-electron chi connectivity index (χ3n) is 4.36. The molecule has 0 aliphatic heterocycles. The van der Waals surface area contributed by atoms with Gasteiger partial charge in [-0.25, -0.2) is 0 Å². The van der Waals surface area contributed by atoms with E-state index in [0.29, 0.717) is 24.3 Å². The number of methoxy groups -OCH3 is 2. The van der Waals surface area contributed by atoms with Crippen LogP contribution >= 0.6 is 0 Å². The van der Waals surface area contributed by atoms with E-state index in [9.17, 15) is 0 Å². The Hall–Kier alpha value is -2.70. The largest absolute Gasteiger partial charge is 0.493 e. The molecule has 26 heavy (non-hydrogen) atoms. The lowest BCUT2D eigenvalue weighted by molar-refractivity contribution is 0.347. The maximum absolute atomic E-state index is 6.44. The molecule has 0 aliphatic rings. The lowest BCUT2D eigenvalue weighted by atomic mass is 9.95. The van der Waals surface area contributed by atoms with Crippen molar-refractivity contribution in [1.29, 1.82) is 0 Å². The monoisotopic (exact) mass is 356 g/mol. The van der Waals surface area contributed by atoms with Gasteiger partial charge in [-0.2, -0.15) is 0 Å². The molecule has 2 aromatic heterocycles. The second-order valence-corrected chi connectivity index (χ2v) is 6.13. The quantitative estimate of drug-likeness (QED) is 0.642. The Labute approximate surface area is 152 Å². The molecule has 0 spiro atoms. The van der Waals surface area contributed by atoms with Crippen LogP contribution < -0.4 is 20.9 Å². The first kappa shape index (κ1) is 18.1. The van der Waals surface area contributed by atoms with Crippen molar-refractivity contribution in [3.8, 4) is 11.5 Å². The molecule has 4 N–H and O–H groups in total. The molecule has 0 bridgehead atoms. The smallest absolute Gasteiger partial charge is 0.165 e. The van der Waals surface area contributed by atoms with Crippen LogP contribution in [0.15, 0.2) is 57.8 Å². The predicted molar refractivity (Wildman–Crippen MR) is 98.2 cm³/mol. The first-order chi connectivity index (χ1) is 12.6. The van der Waals surface area contributed by atoms with Crippen molar-refractivity contribution < 1.29 is 18.3 Å². The SMILES string of the molecule is COc1cc(C(N)Cc2ccco2)cc(C(N)Cc2ccco2)c1OC. The van der Waals surface area contributed by atoms with Gasteiger partial charge in [0.1, 0.15) is 11.5 Å².